The molecule has 0 aliphatic rings. The minimum absolute atomic E-state index is 0. The first kappa shape index (κ1) is 44.6. The number of rotatable bonds is 0. The van der Waals surface area contributed by atoms with Crippen molar-refractivity contribution in [3.05, 3.63) is 0 Å². The van der Waals surface area contributed by atoms with Gasteiger partial charge < -0.3 is 23.3 Å². The zero-order valence-electron chi connectivity index (χ0n) is 4.13. The Balaban J connectivity index is -0.00000000750. The summed E-state index contributed by atoms with van der Waals surface area (Å²) in [5.41, 5.74) is 0. The van der Waals surface area contributed by atoms with Gasteiger partial charge in [-0.05, 0) is 0 Å². The van der Waals surface area contributed by atoms with Gasteiger partial charge in [-0.15, -0.1) is 0 Å². The molecule has 0 fully saturated rings. The Labute approximate surface area is 49.0 Å². The fourth-order valence-electron chi connectivity index (χ4n) is 0. The van der Waals surface area contributed by atoms with Crippen LogP contribution in [0.5, 0.6) is 0 Å². The second-order valence-corrected chi connectivity index (χ2v) is 0.692. The van der Waals surface area contributed by atoms with Crippen molar-refractivity contribution in [1.29, 1.82) is 0 Å². The molecule has 0 saturated heterocycles. The minimum atomic E-state index is -2.61. The Kier molecular flexibility index (Phi) is 159. The Morgan fingerprint density at radius 1 is 1.00 bits per heavy atom. The Hall–Kier alpha value is -0.0900. The van der Waals surface area contributed by atoms with Gasteiger partial charge in [0, 0.05) is 0 Å². The van der Waals surface area contributed by atoms with E-state index in [2.05, 4.69) is 0 Å². The van der Waals surface area contributed by atoms with Gasteiger partial charge in [0.15, 0.2) is 0 Å². The highest BCUT2D eigenvalue weighted by Crippen LogP contribution is 1.44. The normalized spacial score (nSPS) is 4.38. The molecule has 8 heteroatoms. The maximum absolute atomic E-state index is 8.67. The molecule has 0 rings (SSSR count). The first-order valence-electron chi connectivity index (χ1n) is 0.532. The van der Waals surface area contributed by atoms with Crippen LogP contribution < -0.4 is 12.3 Å². The first-order valence-corrected chi connectivity index (χ1v) is 1.60. The standard InChI is InChI=1S/2H3N.H2O3S.2H2O/c;;1-4(2)3;;/h2*1H3;(H2,1,2,3);2*1H2. The minimum Gasteiger partial charge on any atom is -0.412 e. The van der Waals surface area contributed by atoms with Crippen molar-refractivity contribution in [2.45, 2.75) is 0 Å². The van der Waals surface area contributed by atoms with Gasteiger partial charge in [-0.3, -0.25) is 9.11 Å². The van der Waals surface area contributed by atoms with E-state index in [0.717, 1.165) is 0 Å². The lowest BCUT2D eigenvalue weighted by atomic mass is 14.0. The lowest BCUT2D eigenvalue weighted by Gasteiger charge is -1.59. The highest BCUT2D eigenvalue weighted by atomic mass is 32.2. The fraction of sp³-hybridized carbons (Fsp3) is 0. The van der Waals surface area contributed by atoms with Crippen molar-refractivity contribution >= 4 is 11.4 Å². The Morgan fingerprint density at radius 2 is 1.00 bits per heavy atom. The molecule has 0 radical (unpaired) electrons. The predicted molar refractivity (Wildman–Crippen MR) is 30.7 cm³/mol. The van der Waals surface area contributed by atoms with Crippen LogP contribution in [-0.4, -0.2) is 24.3 Å². The van der Waals surface area contributed by atoms with Crippen LogP contribution >= 0.6 is 0 Å². The van der Waals surface area contributed by atoms with Crippen LogP contribution in [0.4, 0.5) is 0 Å². The van der Waals surface area contributed by atoms with E-state index >= 15 is 0 Å². The van der Waals surface area contributed by atoms with E-state index in [0.29, 0.717) is 0 Å². The summed E-state index contributed by atoms with van der Waals surface area (Å²) in [4.78, 5) is 0. The molecule has 12 N–H and O–H groups in total. The molecule has 0 saturated carbocycles. The van der Waals surface area contributed by atoms with Crippen LogP contribution in [0.1, 0.15) is 0 Å². The smallest absolute Gasteiger partial charge is 0.299 e. The predicted octanol–water partition coefficient (Wildman–Crippen LogP) is -1.64. The molecule has 8 heavy (non-hydrogen) atoms. The largest absolute Gasteiger partial charge is 0.412 e. The number of hydrogen-bond donors (Lipinski definition) is 4. The van der Waals surface area contributed by atoms with E-state index in [1.54, 1.807) is 0 Å². The molecule has 0 aliphatic carbocycles. The summed E-state index contributed by atoms with van der Waals surface area (Å²) in [6.45, 7) is 0. The molecule has 0 spiro atoms. The zero-order valence-corrected chi connectivity index (χ0v) is 4.94. The quantitative estimate of drug-likeness (QED) is 0.302. The van der Waals surface area contributed by atoms with Gasteiger partial charge in [0.1, 0.15) is 0 Å². The van der Waals surface area contributed by atoms with E-state index in [-0.39, 0.29) is 23.3 Å². The van der Waals surface area contributed by atoms with Gasteiger partial charge in [0.2, 0.25) is 0 Å². The average Bonchev–Trinajstić information content (AvgIpc) is 0.811. The second kappa shape index (κ2) is 28.5. The summed E-state index contributed by atoms with van der Waals surface area (Å²) in [6.07, 6.45) is 0. The van der Waals surface area contributed by atoms with Gasteiger partial charge >= 0.3 is 0 Å². The molecule has 7 nitrogen and oxygen atoms in total. The molecule has 0 atom stereocenters. The topological polar surface area (TPSA) is 191 Å². The monoisotopic (exact) mass is 152 g/mol. The van der Waals surface area contributed by atoms with E-state index < -0.39 is 11.4 Å². The summed E-state index contributed by atoms with van der Waals surface area (Å²) < 4.78 is 22.8. The van der Waals surface area contributed by atoms with Crippen molar-refractivity contribution in [2.75, 3.05) is 0 Å². The highest BCUT2D eigenvalue weighted by Gasteiger charge is 1.62. The Morgan fingerprint density at radius 3 is 1.00 bits per heavy atom. The summed E-state index contributed by atoms with van der Waals surface area (Å²) >= 11 is -2.61. The second-order valence-electron chi connectivity index (χ2n) is 0.231. The average molecular weight is 152 g/mol. The molecule has 58 valence electrons. The van der Waals surface area contributed by atoms with Crippen LogP contribution in [0.25, 0.3) is 0 Å². The van der Waals surface area contributed by atoms with Crippen molar-refractivity contribution in [3.8, 4) is 0 Å². The molecule has 0 aromatic carbocycles. The van der Waals surface area contributed by atoms with Crippen LogP contribution in [0.3, 0.4) is 0 Å². The maximum atomic E-state index is 8.67. The molecular weight excluding hydrogens is 140 g/mol. The molecular formula is H12N2O5S. The van der Waals surface area contributed by atoms with Gasteiger partial charge in [0.25, 0.3) is 11.4 Å². The van der Waals surface area contributed by atoms with Crippen LogP contribution in [0.2, 0.25) is 0 Å². The van der Waals surface area contributed by atoms with Crippen molar-refractivity contribution in [1.82, 2.24) is 12.3 Å². The van der Waals surface area contributed by atoms with Gasteiger partial charge in [-0.25, -0.2) is 0 Å². The molecule has 0 aromatic rings. The van der Waals surface area contributed by atoms with Crippen molar-refractivity contribution in [3.63, 3.8) is 0 Å². The summed E-state index contributed by atoms with van der Waals surface area (Å²) in [5.74, 6) is 0. The van der Waals surface area contributed by atoms with E-state index in [1.165, 1.54) is 0 Å². The zero-order chi connectivity index (χ0) is 3.58. The lowest BCUT2D eigenvalue weighted by Crippen LogP contribution is -1.74. The van der Waals surface area contributed by atoms with Crippen molar-refractivity contribution < 1.29 is 24.3 Å². The highest BCUT2D eigenvalue weighted by molar-refractivity contribution is 7.73. The lowest BCUT2D eigenvalue weighted by molar-refractivity contribution is 0.454. The summed E-state index contributed by atoms with van der Waals surface area (Å²) in [5, 5.41) is 0. The SMILES string of the molecule is N.N.O.O.O=S(O)O. The maximum Gasteiger partial charge on any atom is 0.299 e. The third-order valence-electron chi connectivity index (χ3n) is 0. The van der Waals surface area contributed by atoms with E-state index in [1.807, 2.05) is 0 Å². The van der Waals surface area contributed by atoms with Crippen LogP contribution in [-0.2, 0) is 11.4 Å². The van der Waals surface area contributed by atoms with Gasteiger partial charge in [-0.1, -0.05) is 0 Å². The van der Waals surface area contributed by atoms with Crippen LogP contribution in [0, 0.1) is 0 Å². The van der Waals surface area contributed by atoms with Gasteiger partial charge in [0.05, 0.1) is 0 Å². The molecule has 0 aliphatic heterocycles. The van der Waals surface area contributed by atoms with Gasteiger partial charge in [-0.2, -0.15) is 4.21 Å². The number of hydrogen-bond acceptors (Lipinski definition) is 3. The Bertz CT molecular complexity index is 33.4. The molecule has 0 amide bonds. The molecule has 0 aromatic heterocycles. The van der Waals surface area contributed by atoms with E-state index in [4.69, 9.17) is 13.3 Å². The molecule has 0 unspecified atom stereocenters. The van der Waals surface area contributed by atoms with Crippen molar-refractivity contribution in [2.24, 2.45) is 0 Å². The summed E-state index contributed by atoms with van der Waals surface area (Å²) in [7, 11) is 0. The van der Waals surface area contributed by atoms with E-state index in [9.17, 15) is 0 Å². The first-order chi connectivity index (χ1) is 1.73. The third-order valence-corrected chi connectivity index (χ3v) is 0. The van der Waals surface area contributed by atoms with Crippen LogP contribution in [0.15, 0.2) is 0 Å². The molecule has 0 bridgehead atoms. The summed E-state index contributed by atoms with van der Waals surface area (Å²) in [6, 6.07) is 0. The molecule has 0 heterocycles. The third kappa shape index (κ3) is 17600. The fourth-order valence-corrected chi connectivity index (χ4v) is 0.